The first kappa shape index (κ1) is 11.9. The van der Waals surface area contributed by atoms with Crippen molar-refractivity contribution in [3.05, 3.63) is 57.3 Å². The molecule has 1 N–H and O–H groups in total. The summed E-state index contributed by atoms with van der Waals surface area (Å²) >= 11 is 1.85. The Kier molecular flexibility index (Phi) is 3.23. The molecule has 1 aliphatic carbocycles. The lowest BCUT2D eigenvalue weighted by molar-refractivity contribution is 0.478. The Morgan fingerprint density at radius 3 is 2.89 bits per heavy atom. The summed E-state index contributed by atoms with van der Waals surface area (Å²) in [5.74, 6) is 0.625. The quantitative estimate of drug-likeness (QED) is 0.875. The Balaban J connectivity index is 1.95. The van der Waals surface area contributed by atoms with E-state index in [-0.39, 0.29) is 0 Å². The molecule has 0 fully saturated rings. The number of hydrogen-bond donors (Lipinski definition) is 1. The van der Waals surface area contributed by atoms with Gasteiger partial charge in [-0.25, -0.2) is 0 Å². The van der Waals surface area contributed by atoms with E-state index < -0.39 is 0 Å². The fraction of sp³-hybridized carbons (Fsp3) is 0.375. The van der Waals surface area contributed by atoms with Crippen LogP contribution in [-0.4, -0.2) is 7.05 Å². The molecule has 2 unspecified atom stereocenters. The van der Waals surface area contributed by atoms with E-state index in [0.717, 1.165) is 0 Å². The monoisotopic (exact) mass is 257 g/mol. The predicted octanol–water partition coefficient (Wildman–Crippen LogP) is 4.05. The molecule has 0 aliphatic heterocycles. The van der Waals surface area contributed by atoms with Crippen molar-refractivity contribution in [2.45, 2.75) is 31.7 Å². The van der Waals surface area contributed by atoms with Crippen molar-refractivity contribution in [3.63, 3.8) is 0 Å². The van der Waals surface area contributed by atoms with Crippen molar-refractivity contribution in [2.75, 3.05) is 7.05 Å². The number of fused-ring (bicyclic) bond motifs is 1. The third-order valence-electron chi connectivity index (χ3n) is 4.00. The second kappa shape index (κ2) is 4.87. The van der Waals surface area contributed by atoms with Gasteiger partial charge >= 0.3 is 0 Å². The second-order valence-corrected chi connectivity index (χ2v) is 6.22. The van der Waals surface area contributed by atoms with Gasteiger partial charge in [0.2, 0.25) is 0 Å². The fourth-order valence-corrected chi connectivity index (χ4v) is 3.90. The third kappa shape index (κ3) is 2.00. The van der Waals surface area contributed by atoms with Gasteiger partial charge in [-0.1, -0.05) is 24.3 Å². The minimum atomic E-state index is 0.457. The van der Waals surface area contributed by atoms with E-state index in [4.69, 9.17) is 0 Å². The summed E-state index contributed by atoms with van der Waals surface area (Å²) in [5.41, 5.74) is 4.53. The number of likely N-dealkylation sites (N-methyl/N-ethyl adjacent to an activating group) is 1. The highest BCUT2D eigenvalue weighted by Gasteiger charge is 2.29. The smallest absolute Gasteiger partial charge is 0.0395 e. The normalized spacial score (nSPS) is 19.8. The van der Waals surface area contributed by atoms with Gasteiger partial charge in [0.05, 0.1) is 0 Å². The van der Waals surface area contributed by atoms with Crippen molar-refractivity contribution in [2.24, 2.45) is 0 Å². The number of thiophene rings is 1. The Bertz CT molecular complexity index is 544. The summed E-state index contributed by atoms with van der Waals surface area (Å²) in [6.45, 7) is 2.18. The first-order valence-electron chi connectivity index (χ1n) is 6.59. The number of rotatable bonds is 3. The number of benzene rings is 1. The lowest BCUT2D eigenvalue weighted by Crippen LogP contribution is -2.22. The lowest BCUT2D eigenvalue weighted by Gasteiger charge is -2.23. The van der Waals surface area contributed by atoms with Crippen LogP contribution in [0.2, 0.25) is 0 Å². The Hall–Kier alpha value is -1.12. The molecular weight excluding hydrogens is 238 g/mol. The van der Waals surface area contributed by atoms with Crippen LogP contribution >= 0.6 is 11.3 Å². The SMILES string of the molecule is CNC(c1csc(C)c1)C1CCc2ccccc21. The average molecular weight is 257 g/mol. The maximum Gasteiger partial charge on any atom is 0.0395 e. The topological polar surface area (TPSA) is 12.0 Å². The summed E-state index contributed by atoms with van der Waals surface area (Å²) in [7, 11) is 2.08. The standard InChI is InChI=1S/C16H19NS/c1-11-9-13(10-18-11)16(17-2)15-8-7-12-5-3-4-6-14(12)15/h3-6,9-10,15-17H,7-8H2,1-2H3. The molecule has 0 bridgehead atoms. The van der Waals surface area contributed by atoms with Crippen LogP contribution in [0.5, 0.6) is 0 Å². The van der Waals surface area contributed by atoms with Gasteiger partial charge in [0.25, 0.3) is 0 Å². The van der Waals surface area contributed by atoms with Gasteiger partial charge in [-0.3, -0.25) is 0 Å². The maximum atomic E-state index is 3.52. The summed E-state index contributed by atoms with van der Waals surface area (Å²) in [4.78, 5) is 1.40. The zero-order chi connectivity index (χ0) is 12.5. The fourth-order valence-electron chi connectivity index (χ4n) is 3.16. The zero-order valence-corrected chi connectivity index (χ0v) is 11.8. The zero-order valence-electron chi connectivity index (χ0n) is 10.9. The molecular formula is C16H19NS. The van der Waals surface area contributed by atoms with E-state index in [2.05, 4.69) is 55.0 Å². The third-order valence-corrected chi connectivity index (χ3v) is 4.88. The minimum absolute atomic E-state index is 0.457. The number of aryl methyl sites for hydroxylation is 2. The van der Waals surface area contributed by atoms with Crippen LogP contribution in [-0.2, 0) is 6.42 Å². The van der Waals surface area contributed by atoms with Crippen LogP contribution in [0, 0.1) is 6.92 Å². The Morgan fingerprint density at radius 2 is 2.17 bits per heavy atom. The highest BCUT2D eigenvalue weighted by Crippen LogP contribution is 2.42. The molecule has 0 saturated carbocycles. The second-order valence-electron chi connectivity index (χ2n) is 5.10. The van der Waals surface area contributed by atoms with E-state index in [9.17, 15) is 0 Å². The molecule has 2 heteroatoms. The molecule has 1 aromatic heterocycles. The molecule has 2 aromatic rings. The van der Waals surface area contributed by atoms with Gasteiger partial charge in [-0.2, -0.15) is 0 Å². The van der Waals surface area contributed by atoms with Gasteiger partial charge in [0.15, 0.2) is 0 Å². The highest BCUT2D eigenvalue weighted by atomic mass is 32.1. The van der Waals surface area contributed by atoms with Crippen molar-refractivity contribution in [1.29, 1.82) is 0 Å². The molecule has 3 rings (SSSR count). The van der Waals surface area contributed by atoms with Gasteiger partial charge in [-0.15, -0.1) is 11.3 Å². The molecule has 0 amide bonds. The van der Waals surface area contributed by atoms with E-state index in [1.165, 1.54) is 28.8 Å². The molecule has 1 aromatic carbocycles. The Labute approximate surface area is 113 Å². The largest absolute Gasteiger partial charge is 0.312 e. The first-order valence-corrected chi connectivity index (χ1v) is 7.47. The number of hydrogen-bond acceptors (Lipinski definition) is 2. The maximum absolute atomic E-state index is 3.52. The predicted molar refractivity (Wildman–Crippen MR) is 78.4 cm³/mol. The average Bonchev–Trinajstić information content (AvgIpc) is 2.98. The van der Waals surface area contributed by atoms with Crippen LogP contribution in [0.4, 0.5) is 0 Å². The summed E-state index contributed by atoms with van der Waals surface area (Å²) in [6, 6.07) is 11.7. The van der Waals surface area contributed by atoms with Crippen LogP contribution in [0.3, 0.4) is 0 Å². The highest BCUT2D eigenvalue weighted by molar-refractivity contribution is 7.10. The van der Waals surface area contributed by atoms with E-state index in [0.29, 0.717) is 12.0 Å². The van der Waals surface area contributed by atoms with Gasteiger partial charge in [0, 0.05) is 16.8 Å². The van der Waals surface area contributed by atoms with Crippen molar-refractivity contribution >= 4 is 11.3 Å². The van der Waals surface area contributed by atoms with Crippen molar-refractivity contribution in [3.8, 4) is 0 Å². The minimum Gasteiger partial charge on any atom is -0.312 e. The summed E-state index contributed by atoms with van der Waals surface area (Å²) < 4.78 is 0. The van der Waals surface area contributed by atoms with Crippen molar-refractivity contribution < 1.29 is 0 Å². The van der Waals surface area contributed by atoms with E-state index in [1.807, 2.05) is 11.3 Å². The van der Waals surface area contributed by atoms with Crippen molar-refractivity contribution in [1.82, 2.24) is 5.32 Å². The molecule has 18 heavy (non-hydrogen) atoms. The molecule has 2 atom stereocenters. The summed E-state index contributed by atoms with van der Waals surface area (Å²) in [5, 5.41) is 5.82. The van der Waals surface area contributed by atoms with Crippen LogP contribution in [0.1, 0.15) is 39.9 Å². The van der Waals surface area contributed by atoms with Gasteiger partial charge in [0.1, 0.15) is 0 Å². The van der Waals surface area contributed by atoms with Crippen LogP contribution < -0.4 is 5.32 Å². The molecule has 0 spiro atoms. The van der Waals surface area contributed by atoms with E-state index >= 15 is 0 Å². The lowest BCUT2D eigenvalue weighted by atomic mass is 9.89. The van der Waals surface area contributed by atoms with Crippen LogP contribution in [0.15, 0.2) is 35.7 Å². The van der Waals surface area contributed by atoms with E-state index in [1.54, 1.807) is 5.56 Å². The first-order chi connectivity index (χ1) is 8.79. The molecule has 0 radical (unpaired) electrons. The molecule has 1 nitrogen and oxygen atoms in total. The molecule has 0 saturated heterocycles. The van der Waals surface area contributed by atoms with Gasteiger partial charge in [-0.05, 0) is 54.9 Å². The van der Waals surface area contributed by atoms with Crippen LogP contribution in [0.25, 0.3) is 0 Å². The molecule has 1 aliphatic rings. The molecule has 1 heterocycles. The Morgan fingerprint density at radius 1 is 1.33 bits per heavy atom. The molecule has 94 valence electrons. The summed E-state index contributed by atoms with van der Waals surface area (Å²) in [6.07, 6.45) is 2.49. The van der Waals surface area contributed by atoms with Gasteiger partial charge < -0.3 is 5.32 Å². The number of nitrogens with one attached hydrogen (secondary N) is 1.